The van der Waals surface area contributed by atoms with Gasteiger partial charge >= 0.3 is 0 Å². The van der Waals surface area contributed by atoms with Gasteiger partial charge in [0.1, 0.15) is 0 Å². The number of allylic oxidation sites excluding steroid dienone is 1. The number of amides is 1. The lowest BCUT2D eigenvalue weighted by Crippen LogP contribution is -2.41. The molecule has 1 saturated heterocycles. The van der Waals surface area contributed by atoms with Crippen molar-refractivity contribution < 1.29 is 9.59 Å². The van der Waals surface area contributed by atoms with E-state index < -0.39 is 5.41 Å². The molecule has 0 saturated carbocycles. The second-order valence-electron chi connectivity index (χ2n) is 6.43. The molecule has 0 radical (unpaired) electrons. The molecule has 0 aromatic heterocycles. The van der Waals surface area contributed by atoms with E-state index in [1.54, 1.807) is 12.1 Å². The maximum atomic E-state index is 12.9. The third kappa shape index (κ3) is 3.46. The lowest BCUT2D eigenvalue weighted by atomic mass is 9.74. The van der Waals surface area contributed by atoms with Crippen LogP contribution in [0.15, 0.2) is 42.5 Å². The van der Waals surface area contributed by atoms with Crippen molar-refractivity contribution in [3.63, 3.8) is 0 Å². The third-order valence-corrected chi connectivity index (χ3v) is 4.69. The molecule has 1 aliphatic heterocycles. The molecule has 1 aromatic rings. The Kier molecular flexibility index (Phi) is 5.17. The van der Waals surface area contributed by atoms with Crippen LogP contribution in [0.4, 0.5) is 0 Å². The first kappa shape index (κ1) is 16.5. The summed E-state index contributed by atoms with van der Waals surface area (Å²) in [6, 6.07) is 9.18. The van der Waals surface area contributed by atoms with Crippen LogP contribution >= 0.6 is 0 Å². The SMILES string of the molecule is C=C(C)C(C)(CC(=O)N1CCCCC1)C(=O)c1ccccc1. The predicted molar refractivity (Wildman–Crippen MR) is 88.7 cm³/mol. The molecule has 118 valence electrons. The van der Waals surface area contributed by atoms with Gasteiger partial charge in [0.2, 0.25) is 5.91 Å². The molecule has 3 heteroatoms. The quantitative estimate of drug-likeness (QED) is 0.611. The first-order valence-corrected chi connectivity index (χ1v) is 7.99. The highest BCUT2D eigenvalue weighted by atomic mass is 16.2. The zero-order chi connectivity index (χ0) is 16.2. The molecule has 0 N–H and O–H groups in total. The van der Waals surface area contributed by atoms with Gasteiger partial charge in [-0.2, -0.15) is 0 Å². The van der Waals surface area contributed by atoms with Gasteiger partial charge in [-0.1, -0.05) is 42.5 Å². The Balaban J connectivity index is 2.19. The van der Waals surface area contributed by atoms with Crippen LogP contribution in [0.1, 0.15) is 49.9 Å². The largest absolute Gasteiger partial charge is 0.343 e. The highest BCUT2D eigenvalue weighted by Crippen LogP contribution is 2.34. The van der Waals surface area contributed by atoms with E-state index in [9.17, 15) is 9.59 Å². The maximum Gasteiger partial charge on any atom is 0.223 e. The van der Waals surface area contributed by atoms with E-state index in [-0.39, 0.29) is 18.1 Å². The number of piperidine rings is 1. The number of Topliss-reactive ketones (excluding diaryl/α,β-unsaturated/α-hetero) is 1. The zero-order valence-electron chi connectivity index (χ0n) is 13.6. The van der Waals surface area contributed by atoms with Crippen molar-refractivity contribution >= 4 is 11.7 Å². The molecule has 1 aliphatic rings. The fourth-order valence-corrected chi connectivity index (χ4v) is 2.89. The maximum absolute atomic E-state index is 12.9. The van der Waals surface area contributed by atoms with Crippen LogP contribution in [-0.4, -0.2) is 29.7 Å². The van der Waals surface area contributed by atoms with Gasteiger partial charge in [-0.05, 0) is 33.1 Å². The fourth-order valence-electron chi connectivity index (χ4n) is 2.89. The van der Waals surface area contributed by atoms with E-state index >= 15 is 0 Å². The second-order valence-corrected chi connectivity index (χ2v) is 6.43. The van der Waals surface area contributed by atoms with E-state index in [1.165, 1.54) is 6.42 Å². The summed E-state index contributed by atoms with van der Waals surface area (Å²) in [5, 5.41) is 0. The molecule has 0 spiro atoms. The van der Waals surface area contributed by atoms with Crippen molar-refractivity contribution in [1.82, 2.24) is 4.90 Å². The summed E-state index contributed by atoms with van der Waals surface area (Å²) in [5.74, 6) is 0.0421. The van der Waals surface area contributed by atoms with Crippen LogP contribution in [-0.2, 0) is 4.79 Å². The van der Waals surface area contributed by atoms with Crippen LogP contribution in [0.25, 0.3) is 0 Å². The molecule has 0 aliphatic carbocycles. The average molecular weight is 299 g/mol. The van der Waals surface area contributed by atoms with Crippen molar-refractivity contribution in [2.24, 2.45) is 5.41 Å². The van der Waals surface area contributed by atoms with E-state index in [0.717, 1.165) is 31.5 Å². The fraction of sp³-hybridized carbons (Fsp3) is 0.474. The Labute approximate surface area is 133 Å². The Hall–Kier alpha value is -1.90. The van der Waals surface area contributed by atoms with Gasteiger partial charge in [0, 0.05) is 25.1 Å². The van der Waals surface area contributed by atoms with Gasteiger partial charge in [0.25, 0.3) is 0 Å². The summed E-state index contributed by atoms with van der Waals surface area (Å²) in [6.45, 7) is 9.28. The van der Waals surface area contributed by atoms with Gasteiger partial charge in [-0.25, -0.2) is 0 Å². The van der Waals surface area contributed by atoms with Crippen molar-refractivity contribution in [2.75, 3.05) is 13.1 Å². The highest BCUT2D eigenvalue weighted by molar-refractivity contribution is 6.04. The summed E-state index contributed by atoms with van der Waals surface area (Å²) in [6.07, 6.45) is 3.50. The van der Waals surface area contributed by atoms with Gasteiger partial charge in [-0.3, -0.25) is 9.59 Å². The molecule has 22 heavy (non-hydrogen) atoms. The van der Waals surface area contributed by atoms with Gasteiger partial charge in [-0.15, -0.1) is 0 Å². The van der Waals surface area contributed by atoms with Crippen LogP contribution in [0.2, 0.25) is 0 Å². The number of hydrogen-bond donors (Lipinski definition) is 0. The highest BCUT2D eigenvalue weighted by Gasteiger charge is 2.38. The van der Waals surface area contributed by atoms with Crippen LogP contribution in [0, 0.1) is 5.41 Å². The molecular weight excluding hydrogens is 274 g/mol. The number of carbonyl (C=O) groups is 2. The van der Waals surface area contributed by atoms with Crippen LogP contribution < -0.4 is 0 Å². The lowest BCUT2D eigenvalue weighted by Gasteiger charge is -2.33. The molecule has 3 nitrogen and oxygen atoms in total. The van der Waals surface area contributed by atoms with Crippen molar-refractivity contribution in [3.8, 4) is 0 Å². The minimum Gasteiger partial charge on any atom is -0.343 e. The summed E-state index contributed by atoms with van der Waals surface area (Å²) >= 11 is 0. The Morgan fingerprint density at radius 2 is 1.73 bits per heavy atom. The van der Waals surface area contributed by atoms with E-state index in [1.807, 2.05) is 36.9 Å². The number of benzene rings is 1. The summed E-state index contributed by atoms with van der Waals surface area (Å²) in [7, 11) is 0. The second kappa shape index (κ2) is 6.91. The van der Waals surface area contributed by atoms with Crippen LogP contribution in [0.5, 0.6) is 0 Å². The number of rotatable bonds is 5. The molecule has 0 bridgehead atoms. The monoisotopic (exact) mass is 299 g/mol. The normalized spacial score (nSPS) is 17.6. The molecule has 1 heterocycles. The van der Waals surface area contributed by atoms with Crippen molar-refractivity contribution in [3.05, 3.63) is 48.0 Å². The van der Waals surface area contributed by atoms with Crippen molar-refractivity contribution in [1.29, 1.82) is 0 Å². The van der Waals surface area contributed by atoms with Crippen molar-refractivity contribution in [2.45, 2.75) is 39.5 Å². The number of hydrogen-bond acceptors (Lipinski definition) is 2. The smallest absolute Gasteiger partial charge is 0.223 e. The van der Waals surface area contributed by atoms with Gasteiger partial charge < -0.3 is 4.90 Å². The standard InChI is InChI=1S/C19H25NO2/c1-15(2)19(3,18(22)16-10-6-4-7-11-16)14-17(21)20-12-8-5-9-13-20/h4,6-7,10-11H,1,5,8-9,12-14H2,2-3H3. The molecule has 1 fully saturated rings. The summed E-state index contributed by atoms with van der Waals surface area (Å²) < 4.78 is 0. The average Bonchev–Trinajstić information content (AvgIpc) is 2.55. The third-order valence-electron chi connectivity index (χ3n) is 4.69. The molecule has 2 rings (SSSR count). The Bertz CT molecular complexity index is 558. The van der Waals surface area contributed by atoms with Crippen LogP contribution in [0.3, 0.4) is 0 Å². The number of ketones is 1. The predicted octanol–water partition coefficient (Wildman–Crippen LogP) is 3.85. The molecule has 1 aromatic carbocycles. The first-order valence-electron chi connectivity index (χ1n) is 7.99. The zero-order valence-corrected chi connectivity index (χ0v) is 13.6. The summed E-state index contributed by atoms with van der Waals surface area (Å²) in [4.78, 5) is 27.4. The summed E-state index contributed by atoms with van der Waals surface area (Å²) in [5.41, 5.74) is 0.543. The minimum absolute atomic E-state index is 0.0223. The van der Waals surface area contributed by atoms with E-state index in [0.29, 0.717) is 5.56 Å². The lowest BCUT2D eigenvalue weighted by molar-refractivity contribution is -0.133. The first-order chi connectivity index (χ1) is 10.4. The number of carbonyl (C=O) groups excluding carboxylic acids is 2. The number of likely N-dealkylation sites (tertiary alicyclic amines) is 1. The minimum atomic E-state index is -0.837. The Morgan fingerprint density at radius 1 is 1.14 bits per heavy atom. The molecular formula is C19H25NO2. The van der Waals surface area contributed by atoms with E-state index in [4.69, 9.17) is 0 Å². The van der Waals surface area contributed by atoms with E-state index in [2.05, 4.69) is 6.58 Å². The molecule has 1 unspecified atom stereocenters. The molecule has 1 amide bonds. The van der Waals surface area contributed by atoms with Gasteiger partial charge in [0.15, 0.2) is 5.78 Å². The molecule has 1 atom stereocenters. The topological polar surface area (TPSA) is 37.4 Å². The Morgan fingerprint density at radius 3 is 2.27 bits per heavy atom. The number of nitrogens with zero attached hydrogens (tertiary/aromatic N) is 1. The van der Waals surface area contributed by atoms with Gasteiger partial charge in [0.05, 0.1) is 5.41 Å².